The minimum atomic E-state index is 0.673. The van der Waals surface area contributed by atoms with Crippen LogP contribution in [0, 0.1) is 23.0 Å². The maximum absolute atomic E-state index is 8.82. The molecule has 98 valence electrons. The van der Waals surface area contributed by atoms with Crippen LogP contribution in [0.3, 0.4) is 0 Å². The van der Waals surface area contributed by atoms with Gasteiger partial charge in [-0.25, -0.2) is 0 Å². The fraction of sp³-hybridized carbons (Fsp3) is 0.125. The van der Waals surface area contributed by atoms with Gasteiger partial charge in [-0.15, -0.1) is 0 Å². The molecule has 0 atom stereocenters. The van der Waals surface area contributed by atoms with Crippen LogP contribution in [0.1, 0.15) is 16.7 Å². The van der Waals surface area contributed by atoms with Crippen molar-refractivity contribution in [2.24, 2.45) is 0 Å². The number of imidazole rings is 1. The van der Waals surface area contributed by atoms with Crippen molar-refractivity contribution in [1.82, 2.24) is 9.55 Å². The predicted octanol–water partition coefficient (Wildman–Crippen LogP) is 3.93. The molecule has 3 rings (SSSR count). The number of hydrogen-bond donors (Lipinski definition) is 1. The monoisotopic (exact) mass is 279 g/mol. The fourth-order valence-corrected chi connectivity index (χ4v) is 2.57. The number of aromatic amines is 1. The standard InChI is InChI=1S/C16H13N3S/c1-11-2-7-15-14(8-11)18-16(20)19(15)10-13-5-3-12(9-17)4-6-13/h2-8H,10H2,1H3,(H,18,20). The topological polar surface area (TPSA) is 44.5 Å². The summed E-state index contributed by atoms with van der Waals surface area (Å²) >= 11 is 5.40. The smallest absolute Gasteiger partial charge is 0.178 e. The first-order chi connectivity index (χ1) is 9.67. The lowest BCUT2D eigenvalue weighted by molar-refractivity contribution is 0.810. The summed E-state index contributed by atoms with van der Waals surface area (Å²) in [5.41, 5.74) is 5.17. The zero-order valence-electron chi connectivity index (χ0n) is 11.1. The lowest BCUT2D eigenvalue weighted by atomic mass is 10.1. The van der Waals surface area contributed by atoms with E-state index in [2.05, 4.69) is 40.7 Å². The number of hydrogen-bond acceptors (Lipinski definition) is 2. The van der Waals surface area contributed by atoms with Crippen molar-refractivity contribution in [3.63, 3.8) is 0 Å². The molecule has 20 heavy (non-hydrogen) atoms. The van der Waals surface area contributed by atoms with Crippen molar-refractivity contribution in [2.75, 3.05) is 0 Å². The molecular formula is C16H13N3S. The van der Waals surface area contributed by atoms with Crippen LogP contribution in [0.4, 0.5) is 0 Å². The second-order valence-corrected chi connectivity index (χ2v) is 5.23. The highest BCUT2D eigenvalue weighted by Crippen LogP contribution is 2.17. The molecule has 0 radical (unpaired) electrons. The summed E-state index contributed by atoms with van der Waals surface area (Å²) in [7, 11) is 0. The van der Waals surface area contributed by atoms with Crippen molar-refractivity contribution in [3.05, 3.63) is 63.9 Å². The Kier molecular flexibility index (Phi) is 3.13. The molecule has 1 N–H and O–H groups in total. The van der Waals surface area contributed by atoms with Gasteiger partial charge in [0, 0.05) is 0 Å². The van der Waals surface area contributed by atoms with E-state index in [0.717, 1.165) is 21.4 Å². The molecule has 0 aliphatic heterocycles. The van der Waals surface area contributed by atoms with Gasteiger partial charge in [-0.3, -0.25) is 0 Å². The number of aromatic nitrogens is 2. The average molecular weight is 279 g/mol. The molecule has 0 fully saturated rings. The number of nitriles is 1. The fourth-order valence-electron chi connectivity index (χ4n) is 2.30. The number of benzene rings is 2. The summed E-state index contributed by atoms with van der Waals surface area (Å²) in [6.45, 7) is 2.77. The molecule has 0 amide bonds. The van der Waals surface area contributed by atoms with Gasteiger partial charge in [-0.1, -0.05) is 18.2 Å². The Bertz CT molecular complexity index is 863. The first-order valence-electron chi connectivity index (χ1n) is 6.35. The van der Waals surface area contributed by atoms with Gasteiger partial charge >= 0.3 is 0 Å². The zero-order chi connectivity index (χ0) is 14.1. The van der Waals surface area contributed by atoms with Crippen molar-refractivity contribution in [2.45, 2.75) is 13.5 Å². The zero-order valence-corrected chi connectivity index (χ0v) is 11.9. The average Bonchev–Trinajstić information content (AvgIpc) is 2.75. The summed E-state index contributed by atoms with van der Waals surface area (Å²) in [6.07, 6.45) is 0. The Morgan fingerprint density at radius 1 is 1.20 bits per heavy atom. The molecule has 0 spiro atoms. The van der Waals surface area contributed by atoms with E-state index in [0.29, 0.717) is 12.1 Å². The van der Waals surface area contributed by atoms with Crippen molar-refractivity contribution in [1.29, 1.82) is 5.26 Å². The Morgan fingerprint density at radius 3 is 2.65 bits per heavy atom. The summed E-state index contributed by atoms with van der Waals surface area (Å²) in [5, 5.41) is 8.82. The molecule has 4 heteroatoms. The molecule has 3 aromatic rings. The Hall–Kier alpha value is -2.38. The van der Waals surface area contributed by atoms with Crippen LogP contribution in [0.5, 0.6) is 0 Å². The normalized spacial score (nSPS) is 10.6. The van der Waals surface area contributed by atoms with Crippen LogP contribution in [-0.2, 0) is 6.54 Å². The molecule has 1 heterocycles. The van der Waals surface area contributed by atoms with Crippen LogP contribution >= 0.6 is 12.2 Å². The third-order valence-corrected chi connectivity index (χ3v) is 3.68. The van der Waals surface area contributed by atoms with E-state index in [4.69, 9.17) is 17.5 Å². The second-order valence-electron chi connectivity index (χ2n) is 4.85. The third kappa shape index (κ3) is 2.24. The van der Waals surface area contributed by atoms with E-state index in [-0.39, 0.29) is 0 Å². The van der Waals surface area contributed by atoms with Gasteiger partial charge in [0.15, 0.2) is 4.77 Å². The van der Waals surface area contributed by atoms with E-state index in [1.165, 1.54) is 5.56 Å². The molecule has 0 unspecified atom stereocenters. The maximum Gasteiger partial charge on any atom is 0.178 e. The summed E-state index contributed by atoms with van der Waals surface area (Å²) < 4.78 is 2.79. The van der Waals surface area contributed by atoms with Gasteiger partial charge in [-0.05, 0) is 54.5 Å². The van der Waals surface area contributed by atoms with E-state index in [1.54, 1.807) is 0 Å². The van der Waals surface area contributed by atoms with E-state index < -0.39 is 0 Å². The minimum Gasteiger partial charge on any atom is -0.331 e. The molecule has 1 aromatic heterocycles. The van der Waals surface area contributed by atoms with Gasteiger partial charge < -0.3 is 9.55 Å². The van der Waals surface area contributed by atoms with Crippen LogP contribution in [0.15, 0.2) is 42.5 Å². The number of nitrogens with one attached hydrogen (secondary N) is 1. The molecule has 2 aromatic carbocycles. The number of aryl methyl sites for hydroxylation is 1. The molecule has 0 bridgehead atoms. The van der Waals surface area contributed by atoms with E-state index in [1.807, 2.05) is 24.3 Å². The lowest BCUT2D eigenvalue weighted by Crippen LogP contribution is -1.99. The van der Waals surface area contributed by atoms with Crippen LogP contribution in [-0.4, -0.2) is 9.55 Å². The second kappa shape index (κ2) is 4.95. The SMILES string of the molecule is Cc1ccc2c(c1)[nH]c(=S)n2Cc1ccc(C#N)cc1. The molecule has 0 saturated carbocycles. The van der Waals surface area contributed by atoms with Crippen LogP contribution in [0.25, 0.3) is 11.0 Å². The Balaban J connectivity index is 2.04. The Morgan fingerprint density at radius 2 is 1.95 bits per heavy atom. The quantitative estimate of drug-likeness (QED) is 0.722. The Labute approximate surface area is 122 Å². The van der Waals surface area contributed by atoms with E-state index in [9.17, 15) is 0 Å². The lowest BCUT2D eigenvalue weighted by Gasteiger charge is -2.05. The van der Waals surface area contributed by atoms with Crippen LogP contribution in [0.2, 0.25) is 0 Å². The van der Waals surface area contributed by atoms with Crippen molar-refractivity contribution in [3.8, 4) is 6.07 Å². The molecule has 0 saturated heterocycles. The molecular weight excluding hydrogens is 266 g/mol. The number of H-pyrrole nitrogens is 1. The summed E-state index contributed by atoms with van der Waals surface area (Å²) in [6, 6.07) is 16.0. The van der Waals surface area contributed by atoms with E-state index >= 15 is 0 Å². The van der Waals surface area contributed by atoms with Gasteiger partial charge in [0.05, 0.1) is 29.2 Å². The minimum absolute atomic E-state index is 0.673. The van der Waals surface area contributed by atoms with Crippen LogP contribution < -0.4 is 0 Å². The highest BCUT2D eigenvalue weighted by Gasteiger charge is 2.05. The highest BCUT2D eigenvalue weighted by molar-refractivity contribution is 7.71. The number of fused-ring (bicyclic) bond motifs is 1. The molecule has 0 aliphatic carbocycles. The van der Waals surface area contributed by atoms with Gasteiger partial charge in [0.2, 0.25) is 0 Å². The van der Waals surface area contributed by atoms with Crippen molar-refractivity contribution < 1.29 is 0 Å². The molecule has 3 nitrogen and oxygen atoms in total. The highest BCUT2D eigenvalue weighted by atomic mass is 32.1. The first-order valence-corrected chi connectivity index (χ1v) is 6.76. The summed E-state index contributed by atoms with van der Waals surface area (Å²) in [4.78, 5) is 3.24. The van der Waals surface area contributed by atoms with Gasteiger partial charge in [0.1, 0.15) is 0 Å². The number of rotatable bonds is 2. The van der Waals surface area contributed by atoms with Crippen molar-refractivity contribution >= 4 is 23.3 Å². The predicted molar refractivity (Wildman–Crippen MR) is 82.1 cm³/mol. The van der Waals surface area contributed by atoms with Gasteiger partial charge in [0.25, 0.3) is 0 Å². The van der Waals surface area contributed by atoms with Gasteiger partial charge in [-0.2, -0.15) is 5.26 Å². The number of nitrogens with zero attached hydrogens (tertiary/aromatic N) is 2. The summed E-state index contributed by atoms with van der Waals surface area (Å²) in [5.74, 6) is 0. The largest absolute Gasteiger partial charge is 0.331 e. The maximum atomic E-state index is 8.82. The third-order valence-electron chi connectivity index (χ3n) is 3.35. The molecule has 0 aliphatic rings. The first kappa shape index (κ1) is 12.6.